The van der Waals surface area contributed by atoms with Crippen LogP contribution in [0, 0.1) is 0 Å². The van der Waals surface area contributed by atoms with Crippen molar-refractivity contribution < 1.29 is 4.74 Å². The molecular formula is C24H22Cl3N3OS. The summed E-state index contributed by atoms with van der Waals surface area (Å²) in [5.74, 6) is 1.74. The second-order valence-corrected chi connectivity index (χ2v) is 9.53. The van der Waals surface area contributed by atoms with E-state index in [9.17, 15) is 0 Å². The summed E-state index contributed by atoms with van der Waals surface area (Å²) in [5, 5.41) is 9.46. The molecule has 4 rings (SSSR count). The number of thioether (sulfide) groups is 1. The lowest BCUT2D eigenvalue weighted by Crippen LogP contribution is -2.16. The highest BCUT2D eigenvalue weighted by Crippen LogP contribution is 2.40. The van der Waals surface area contributed by atoms with Gasteiger partial charge in [-0.25, -0.2) is 4.68 Å². The Balaban J connectivity index is 1.97. The van der Waals surface area contributed by atoms with Crippen LogP contribution in [-0.2, 0) is 6.42 Å². The summed E-state index contributed by atoms with van der Waals surface area (Å²) in [6.45, 7) is 0. The van der Waals surface area contributed by atoms with Crippen molar-refractivity contribution in [3.63, 3.8) is 0 Å². The molecular weight excluding hydrogens is 485 g/mol. The second-order valence-electron chi connectivity index (χ2n) is 7.48. The third kappa shape index (κ3) is 4.15. The Bertz CT molecular complexity index is 1280. The van der Waals surface area contributed by atoms with Crippen LogP contribution in [0.25, 0.3) is 16.5 Å². The fourth-order valence-corrected chi connectivity index (χ4v) is 5.51. The summed E-state index contributed by atoms with van der Waals surface area (Å²) in [4.78, 5) is 2.03. The van der Waals surface area contributed by atoms with Crippen LogP contribution in [0.3, 0.4) is 0 Å². The van der Waals surface area contributed by atoms with Gasteiger partial charge in [0.05, 0.1) is 17.2 Å². The predicted molar refractivity (Wildman–Crippen MR) is 138 cm³/mol. The Morgan fingerprint density at radius 2 is 1.69 bits per heavy atom. The molecule has 0 amide bonds. The lowest BCUT2D eigenvalue weighted by molar-refractivity contribution is 0.411. The number of hydrogen-bond acceptors (Lipinski definition) is 4. The Kier molecular flexibility index (Phi) is 6.82. The van der Waals surface area contributed by atoms with E-state index < -0.39 is 0 Å². The summed E-state index contributed by atoms with van der Waals surface area (Å²) < 4.78 is 7.54. The number of anilines is 1. The molecule has 0 unspecified atom stereocenters. The summed E-state index contributed by atoms with van der Waals surface area (Å²) in [6, 6.07) is 15.8. The molecule has 0 fully saturated rings. The molecule has 0 aliphatic rings. The quantitative estimate of drug-likeness (QED) is 0.255. The van der Waals surface area contributed by atoms with Crippen LogP contribution in [0.2, 0.25) is 15.1 Å². The Hall–Kier alpha value is -2.05. The predicted octanol–water partition coefficient (Wildman–Crippen LogP) is 7.37. The summed E-state index contributed by atoms with van der Waals surface area (Å²) in [6.07, 6.45) is 2.65. The lowest BCUT2D eigenvalue weighted by Gasteiger charge is -2.20. The zero-order chi connectivity index (χ0) is 23.0. The fourth-order valence-electron chi connectivity index (χ4n) is 3.96. The standard InChI is InChI=1S/C24H22Cl3N3OS/c1-29(2)24-18(13-17-16-8-6-5-7-14(16)9-10-21(17)31-3)23(32-4)28-30(24)22-19(26)11-15(25)12-20(22)27/h5-12H,13H2,1-4H3. The van der Waals surface area contributed by atoms with E-state index in [0.717, 1.165) is 38.5 Å². The molecule has 0 aliphatic heterocycles. The van der Waals surface area contributed by atoms with Crippen molar-refractivity contribution in [2.75, 3.05) is 32.4 Å². The molecule has 1 heterocycles. The van der Waals surface area contributed by atoms with E-state index in [2.05, 4.69) is 18.2 Å². The number of ether oxygens (including phenoxy) is 1. The van der Waals surface area contributed by atoms with Crippen molar-refractivity contribution in [1.29, 1.82) is 0 Å². The molecule has 0 saturated carbocycles. The molecule has 0 spiro atoms. The summed E-state index contributed by atoms with van der Waals surface area (Å²) >= 11 is 20.9. The summed E-state index contributed by atoms with van der Waals surface area (Å²) in [5.41, 5.74) is 2.78. The molecule has 0 radical (unpaired) electrons. The third-order valence-corrected chi connectivity index (χ3v) is 6.81. The molecule has 0 N–H and O–H groups in total. The minimum atomic E-state index is 0.440. The van der Waals surface area contributed by atoms with Crippen LogP contribution in [0.5, 0.6) is 5.75 Å². The van der Waals surface area contributed by atoms with Crippen molar-refractivity contribution >= 4 is 63.2 Å². The van der Waals surface area contributed by atoms with E-state index in [1.165, 1.54) is 0 Å². The van der Waals surface area contributed by atoms with Crippen LogP contribution in [0.1, 0.15) is 11.1 Å². The topological polar surface area (TPSA) is 30.3 Å². The molecule has 0 bridgehead atoms. The SMILES string of the molecule is COc1ccc2ccccc2c1Cc1c(SC)nn(-c2c(Cl)cc(Cl)cc2Cl)c1N(C)C. The zero-order valence-corrected chi connectivity index (χ0v) is 21.2. The van der Waals surface area contributed by atoms with Crippen molar-refractivity contribution in [2.24, 2.45) is 0 Å². The van der Waals surface area contributed by atoms with Crippen LogP contribution < -0.4 is 9.64 Å². The molecule has 0 atom stereocenters. The van der Waals surface area contributed by atoms with Gasteiger partial charge in [-0.1, -0.05) is 65.1 Å². The smallest absolute Gasteiger partial charge is 0.136 e. The number of aromatic nitrogens is 2. The maximum atomic E-state index is 6.56. The largest absolute Gasteiger partial charge is 0.496 e. The Morgan fingerprint density at radius 3 is 2.31 bits per heavy atom. The van der Waals surface area contributed by atoms with Gasteiger partial charge in [0, 0.05) is 36.7 Å². The van der Waals surface area contributed by atoms with Gasteiger partial charge in [0.25, 0.3) is 0 Å². The molecule has 3 aromatic carbocycles. The summed E-state index contributed by atoms with van der Waals surface area (Å²) in [7, 11) is 5.67. The van der Waals surface area contributed by atoms with Crippen molar-refractivity contribution in [3.05, 3.63) is 74.7 Å². The highest BCUT2D eigenvalue weighted by molar-refractivity contribution is 7.98. The molecule has 4 aromatic rings. The van der Waals surface area contributed by atoms with Gasteiger partial charge in [-0.15, -0.1) is 11.8 Å². The molecule has 8 heteroatoms. The maximum Gasteiger partial charge on any atom is 0.136 e. The monoisotopic (exact) mass is 505 g/mol. The van der Waals surface area contributed by atoms with Gasteiger partial charge in [-0.3, -0.25) is 0 Å². The van der Waals surface area contributed by atoms with E-state index in [1.54, 1.807) is 35.7 Å². The Morgan fingerprint density at radius 1 is 1.00 bits per heavy atom. The van der Waals surface area contributed by atoms with Crippen molar-refractivity contribution in [3.8, 4) is 11.4 Å². The first-order valence-corrected chi connectivity index (χ1v) is 12.2. The highest BCUT2D eigenvalue weighted by atomic mass is 35.5. The van der Waals surface area contributed by atoms with Gasteiger partial charge in [0.2, 0.25) is 0 Å². The van der Waals surface area contributed by atoms with Crippen molar-refractivity contribution in [1.82, 2.24) is 9.78 Å². The van der Waals surface area contributed by atoms with E-state index in [-0.39, 0.29) is 0 Å². The van der Waals surface area contributed by atoms with E-state index in [4.69, 9.17) is 44.6 Å². The molecule has 0 saturated heterocycles. The number of hydrogen-bond donors (Lipinski definition) is 0. The van der Waals surface area contributed by atoms with Crippen LogP contribution in [0.15, 0.2) is 53.6 Å². The van der Waals surface area contributed by atoms with E-state index in [0.29, 0.717) is 27.2 Å². The van der Waals surface area contributed by atoms with Gasteiger partial charge in [0.1, 0.15) is 22.3 Å². The zero-order valence-electron chi connectivity index (χ0n) is 18.1. The first kappa shape index (κ1) is 23.1. The van der Waals surface area contributed by atoms with E-state index >= 15 is 0 Å². The average molecular weight is 507 g/mol. The Labute approximate surface area is 207 Å². The number of benzene rings is 3. The fraction of sp³-hybridized carbons (Fsp3) is 0.208. The third-order valence-electron chi connectivity index (χ3n) is 5.30. The van der Waals surface area contributed by atoms with Crippen LogP contribution in [-0.4, -0.2) is 37.2 Å². The first-order chi connectivity index (χ1) is 15.3. The number of methoxy groups -OCH3 is 1. The normalized spacial score (nSPS) is 11.2. The van der Waals surface area contributed by atoms with E-state index in [1.807, 2.05) is 43.5 Å². The molecule has 0 aliphatic carbocycles. The maximum absolute atomic E-state index is 6.56. The minimum absolute atomic E-state index is 0.440. The van der Waals surface area contributed by atoms with Crippen LogP contribution >= 0.6 is 46.6 Å². The average Bonchev–Trinajstić information content (AvgIpc) is 3.11. The number of halogens is 3. The lowest BCUT2D eigenvalue weighted by atomic mass is 9.98. The molecule has 1 aromatic heterocycles. The number of fused-ring (bicyclic) bond motifs is 1. The number of rotatable bonds is 6. The second kappa shape index (κ2) is 9.44. The highest BCUT2D eigenvalue weighted by Gasteiger charge is 2.25. The molecule has 32 heavy (non-hydrogen) atoms. The molecule has 4 nitrogen and oxygen atoms in total. The first-order valence-electron chi connectivity index (χ1n) is 9.88. The number of nitrogens with zero attached hydrogens (tertiary/aromatic N) is 3. The van der Waals surface area contributed by atoms with Gasteiger partial charge < -0.3 is 9.64 Å². The van der Waals surface area contributed by atoms with Gasteiger partial charge in [-0.2, -0.15) is 5.10 Å². The van der Waals surface area contributed by atoms with Crippen molar-refractivity contribution in [2.45, 2.75) is 11.4 Å². The van der Waals surface area contributed by atoms with Gasteiger partial charge >= 0.3 is 0 Å². The van der Waals surface area contributed by atoms with Crippen LogP contribution in [0.4, 0.5) is 5.82 Å². The van der Waals surface area contributed by atoms with Gasteiger partial charge in [0.15, 0.2) is 0 Å². The molecule has 166 valence electrons. The van der Waals surface area contributed by atoms with Gasteiger partial charge in [-0.05, 0) is 35.2 Å². The minimum Gasteiger partial charge on any atom is -0.496 e.